The van der Waals surface area contributed by atoms with Gasteiger partial charge in [-0.05, 0) is 50.3 Å². The summed E-state index contributed by atoms with van der Waals surface area (Å²) >= 11 is 0. The van der Waals surface area contributed by atoms with Crippen molar-refractivity contribution in [1.29, 1.82) is 0 Å². The molecule has 1 aromatic carbocycles. The van der Waals surface area contributed by atoms with Crippen LogP contribution in [0.25, 0.3) is 0 Å². The van der Waals surface area contributed by atoms with Crippen LogP contribution in [-0.4, -0.2) is 50.3 Å². The van der Waals surface area contributed by atoms with Crippen LogP contribution in [0, 0.1) is 11.8 Å². The van der Waals surface area contributed by atoms with Gasteiger partial charge in [-0.3, -0.25) is 4.79 Å². The standard InChI is InChI=1S/C22H34N2O5/c1-6-28-22(26)24-11-9-17(10-12-24)21(25)23-16(4)18-7-8-19(20(13-18)27-5)29-14-15(2)3/h7-8,13,15-17H,6,9-12,14H2,1-5H3,(H,23,25). The molecule has 7 heteroatoms. The lowest BCUT2D eigenvalue weighted by atomic mass is 9.95. The van der Waals surface area contributed by atoms with E-state index in [1.807, 2.05) is 25.1 Å². The van der Waals surface area contributed by atoms with E-state index in [-0.39, 0.29) is 24.0 Å². The monoisotopic (exact) mass is 406 g/mol. The van der Waals surface area contributed by atoms with Crippen LogP contribution in [0.3, 0.4) is 0 Å². The zero-order valence-electron chi connectivity index (χ0n) is 18.2. The molecule has 1 aliphatic rings. The Hall–Kier alpha value is -2.44. The number of nitrogens with one attached hydrogen (secondary N) is 1. The summed E-state index contributed by atoms with van der Waals surface area (Å²) in [5.74, 6) is 1.70. The number of carbonyl (C=O) groups excluding carboxylic acids is 2. The van der Waals surface area contributed by atoms with Gasteiger partial charge in [0.1, 0.15) is 0 Å². The minimum Gasteiger partial charge on any atom is -0.493 e. The molecule has 1 heterocycles. The van der Waals surface area contributed by atoms with Crippen LogP contribution in [-0.2, 0) is 9.53 Å². The van der Waals surface area contributed by atoms with Crippen molar-refractivity contribution < 1.29 is 23.8 Å². The normalized spacial score (nSPS) is 15.7. The third kappa shape index (κ3) is 6.54. The van der Waals surface area contributed by atoms with Gasteiger partial charge in [-0.25, -0.2) is 4.79 Å². The van der Waals surface area contributed by atoms with E-state index >= 15 is 0 Å². The van der Waals surface area contributed by atoms with Gasteiger partial charge in [0.05, 0.1) is 26.4 Å². The molecule has 1 atom stereocenters. The summed E-state index contributed by atoms with van der Waals surface area (Å²) in [7, 11) is 1.61. The molecule has 0 aliphatic carbocycles. The summed E-state index contributed by atoms with van der Waals surface area (Å²) in [6.45, 7) is 9.99. The number of benzene rings is 1. The summed E-state index contributed by atoms with van der Waals surface area (Å²) in [5, 5.41) is 3.09. The lowest BCUT2D eigenvalue weighted by molar-refractivity contribution is -0.127. The maximum atomic E-state index is 12.7. The summed E-state index contributed by atoms with van der Waals surface area (Å²) < 4.78 is 16.3. The molecule has 0 radical (unpaired) electrons. The van der Waals surface area contributed by atoms with Crippen molar-refractivity contribution in [2.75, 3.05) is 33.4 Å². The number of carbonyl (C=O) groups is 2. The minimum atomic E-state index is -0.299. The Bertz CT molecular complexity index is 684. The van der Waals surface area contributed by atoms with Crippen LogP contribution >= 0.6 is 0 Å². The second kappa shape index (κ2) is 10.9. The Balaban J connectivity index is 1.91. The van der Waals surface area contributed by atoms with E-state index < -0.39 is 0 Å². The highest BCUT2D eigenvalue weighted by atomic mass is 16.6. The second-order valence-corrected chi connectivity index (χ2v) is 7.81. The zero-order valence-corrected chi connectivity index (χ0v) is 18.2. The predicted octanol–water partition coefficient (Wildman–Crippen LogP) is 3.78. The van der Waals surface area contributed by atoms with Crippen molar-refractivity contribution in [3.05, 3.63) is 23.8 Å². The van der Waals surface area contributed by atoms with E-state index in [9.17, 15) is 9.59 Å². The van der Waals surface area contributed by atoms with Crippen LogP contribution in [0.2, 0.25) is 0 Å². The minimum absolute atomic E-state index is 0.0140. The molecule has 1 aromatic rings. The first-order chi connectivity index (χ1) is 13.8. The van der Waals surface area contributed by atoms with Crippen LogP contribution in [0.1, 0.15) is 52.1 Å². The number of rotatable bonds is 8. The molecule has 1 N–H and O–H groups in total. The number of hydrogen-bond acceptors (Lipinski definition) is 5. The van der Waals surface area contributed by atoms with Gasteiger partial charge in [0.25, 0.3) is 0 Å². The lowest BCUT2D eigenvalue weighted by Crippen LogP contribution is -2.43. The van der Waals surface area contributed by atoms with Gasteiger partial charge < -0.3 is 24.4 Å². The molecule has 0 spiro atoms. The van der Waals surface area contributed by atoms with Gasteiger partial charge in [0.15, 0.2) is 11.5 Å². The molecule has 1 aliphatic heterocycles. The number of piperidine rings is 1. The van der Waals surface area contributed by atoms with Gasteiger partial charge in [-0.2, -0.15) is 0 Å². The number of likely N-dealkylation sites (tertiary alicyclic amines) is 1. The van der Waals surface area contributed by atoms with Gasteiger partial charge in [-0.15, -0.1) is 0 Å². The second-order valence-electron chi connectivity index (χ2n) is 7.81. The van der Waals surface area contributed by atoms with E-state index in [0.29, 0.717) is 56.6 Å². The Morgan fingerprint density at radius 3 is 2.45 bits per heavy atom. The number of methoxy groups -OCH3 is 1. The highest BCUT2D eigenvalue weighted by molar-refractivity contribution is 5.79. The Morgan fingerprint density at radius 2 is 1.86 bits per heavy atom. The molecule has 1 unspecified atom stereocenters. The van der Waals surface area contributed by atoms with Crippen molar-refractivity contribution in [3.8, 4) is 11.5 Å². The largest absolute Gasteiger partial charge is 0.493 e. The third-order valence-corrected chi connectivity index (χ3v) is 5.01. The van der Waals surface area contributed by atoms with Gasteiger partial charge in [-0.1, -0.05) is 19.9 Å². The zero-order chi connectivity index (χ0) is 21.4. The first-order valence-corrected chi connectivity index (χ1v) is 10.4. The quantitative estimate of drug-likeness (QED) is 0.711. The van der Waals surface area contributed by atoms with Crippen LogP contribution in [0.4, 0.5) is 4.79 Å². The number of nitrogens with zero attached hydrogens (tertiary/aromatic N) is 1. The molecule has 29 heavy (non-hydrogen) atoms. The number of ether oxygens (including phenoxy) is 3. The maximum Gasteiger partial charge on any atom is 0.409 e. The summed E-state index contributed by atoms with van der Waals surface area (Å²) in [6, 6.07) is 5.59. The first-order valence-electron chi connectivity index (χ1n) is 10.4. The molecular formula is C22H34N2O5. The van der Waals surface area contributed by atoms with Crippen molar-refractivity contribution in [3.63, 3.8) is 0 Å². The molecule has 7 nitrogen and oxygen atoms in total. The predicted molar refractivity (Wildman–Crippen MR) is 111 cm³/mol. The topological polar surface area (TPSA) is 77.1 Å². The van der Waals surface area contributed by atoms with Crippen molar-refractivity contribution in [2.24, 2.45) is 11.8 Å². The summed E-state index contributed by atoms with van der Waals surface area (Å²) in [5.41, 5.74) is 0.955. The molecule has 0 bridgehead atoms. The van der Waals surface area contributed by atoms with Gasteiger partial charge >= 0.3 is 6.09 Å². The SMILES string of the molecule is CCOC(=O)N1CCC(C(=O)NC(C)c2ccc(OCC(C)C)c(OC)c2)CC1. The number of amides is 2. The van der Waals surface area contributed by atoms with Gasteiger partial charge in [0, 0.05) is 19.0 Å². The van der Waals surface area contributed by atoms with Gasteiger partial charge in [0.2, 0.25) is 5.91 Å². The third-order valence-electron chi connectivity index (χ3n) is 5.01. The van der Waals surface area contributed by atoms with E-state index in [2.05, 4.69) is 19.2 Å². The highest BCUT2D eigenvalue weighted by Crippen LogP contribution is 2.31. The molecular weight excluding hydrogens is 372 g/mol. The molecule has 2 rings (SSSR count). The summed E-state index contributed by atoms with van der Waals surface area (Å²) in [4.78, 5) is 26.1. The van der Waals surface area contributed by atoms with Crippen molar-refractivity contribution in [2.45, 2.75) is 46.6 Å². The maximum absolute atomic E-state index is 12.7. The summed E-state index contributed by atoms with van der Waals surface area (Å²) in [6.07, 6.45) is 0.984. The molecule has 2 amide bonds. The average Bonchev–Trinajstić information content (AvgIpc) is 2.72. The Labute approximate surface area is 173 Å². The molecule has 0 saturated carbocycles. The fraction of sp³-hybridized carbons (Fsp3) is 0.636. The fourth-order valence-corrected chi connectivity index (χ4v) is 3.28. The molecule has 1 saturated heterocycles. The molecule has 1 fully saturated rings. The number of hydrogen-bond donors (Lipinski definition) is 1. The van der Waals surface area contributed by atoms with Crippen LogP contribution in [0.5, 0.6) is 11.5 Å². The van der Waals surface area contributed by atoms with Crippen LogP contribution in [0.15, 0.2) is 18.2 Å². The van der Waals surface area contributed by atoms with E-state index in [4.69, 9.17) is 14.2 Å². The Morgan fingerprint density at radius 1 is 1.17 bits per heavy atom. The fourth-order valence-electron chi connectivity index (χ4n) is 3.28. The van der Waals surface area contributed by atoms with Crippen molar-refractivity contribution in [1.82, 2.24) is 10.2 Å². The highest BCUT2D eigenvalue weighted by Gasteiger charge is 2.28. The van der Waals surface area contributed by atoms with E-state index in [1.54, 1.807) is 18.9 Å². The smallest absolute Gasteiger partial charge is 0.409 e. The van der Waals surface area contributed by atoms with E-state index in [0.717, 1.165) is 5.56 Å². The van der Waals surface area contributed by atoms with Crippen LogP contribution < -0.4 is 14.8 Å². The van der Waals surface area contributed by atoms with Crippen molar-refractivity contribution >= 4 is 12.0 Å². The molecule has 0 aromatic heterocycles. The van der Waals surface area contributed by atoms with E-state index in [1.165, 1.54) is 0 Å². The lowest BCUT2D eigenvalue weighted by Gasteiger charge is -2.31. The first kappa shape index (κ1) is 22.8. The Kier molecular flexibility index (Phi) is 8.61. The molecule has 162 valence electrons. The average molecular weight is 407 g/mol.